The minimum absolute atomic E-state index is 0.189. The van der Waals surface area contributed by atoms with Crippen LogP contribution >= 0.6 is 11.3 Å². The standard InChI is InChI=1S/C14H14N6OS/c1-2-12-18-19-14(22-12)17-13(21)11-5-3-10(4-6-11)7-20-9-15-8-16-20/h3-6,8-9H,2,7H2,1H3,(H,17,19,21). The normalized spacial score (nSPS) is 10.6. The molecule has 8 heteroatoms. The van der Waals surface area contributed by atoms with Gasteiger partial charge in [0.15, 0.2) is 0 Å². The SMILES string of the molecule is CCc1nnc(NC(=O)c2ccc(Cn3cncn3)cc2)s1. The van der Waals surface area contributed by atoms with Gasteiger partial charge in [-0.05, 0) is 24.1 Å². The van der Waals surface area contributed by atoms with Gasteiger partial charge in [-0.15, -0.1) is 10.2 Å². The number of carbonyl (C=O) groups excluding carboxylic acids is 1. The molecule has 0 radical (unpaired) electrons. The maximum atomic E-state index is 12.1. The second-order valence-corrected chi connectivity index (χ2v) is 5.66. The summed E-state index contributed by atoms with van der Waals surface area (Å²) in [6.07, 6.45) is 3.96. The van der Waals surface area contributed by atoms with Crippen molar-refractivity contribution in [1.29, 1.82) is 0 Å². The van der Waals surface area contributed by atoms with Crippen LogP contribution in [0.25, 0.3) is 0 Å². The summed E-state index contributed by atoms with van der Waals surface area (Å²) in [5.74, 6) is -0.189. The zero-order valence-corrected chi connectivity index (χ0v) is 12.7. The van der Waals surface area contributed by atoms with E-state index in [0.29, 0.717) is 17.2 Å². The lowest BCUT2D eigenvalue weighted by Gasteiger charge is -2.04. The number of hydrogen-bond acceptors (Lipinski definition) is 6. The fourth-order valence-electron chi connectivity index (χ4n) is 1.88. The number of aryl methyl sites for hydroxylation is 1. The van der Waals surface area contributed by atoms with Crippen LogP contribution in [0.2, 0.25) is 0 Å². The Morgan fingerprint density at radius 3 is 2.73 bits per heavy atom. The van der Waals surface area contributed by atoms with Crippen molar-refractivity contribution in [1.82, 2.24) is 25.0 Å². The lowest BCUT2D eigenvalue weighted by Crippen LogP contribution is -2.11. The van der Waals surface area contributed by atoms with Crippen molar-refractivity contribution >= 4 is 22.4 Å². The minimum Gasteiger partial charge on any atom is -0.296 e. The molecule has 0 aliphatic heterocycles. The summed E-state index contributed by atoms with van der Waals surface area (Å²) < 4.78 is 1.72. The molecule has 3 rings (SSSR count). The molecule has 0 unspecified atom stereocenters. The van der Waals surface area contributed by atoms with E-state index in [2.05, 4.69) is 25.6 Å². The molecule has 0 saturated heterocycles. The number of nitrogens with one attached hydrogen (secondary N) is 1. The number of benzene rings is 1. The molecule has 112 valence electrons. The highest BCUT2D eigenvalue weighted by molar-refractivity contribution is 7.15. The van der Waals surface area contributed by atoms with Crippen LogP contribution in [-0.2, 0) is 13.0 Å². The number of aromatic nitrogens is 5. The van der Waals surface area contributed by atoms with Gasteiger partial charge in [-0.2, -0.15) is 5.10 Å². The van der Waals surface area contributed by atoms with E-state index in [1.54, 1.807) is 23.1 Å². The molecular formula is C14H14N6OS. The first-order valence-corrected chi connectivity index (χ1v) is 7.61. The second kappa shape index (κ2) is 6.44. The molecule has 7 nitrogen and oxygen atoms in total. The van der Waals surface area contributed by atoms with Gasteiger partial charge in [0.2, 0.25) is 5.13 Å². The average Bonchev–Trinajstić information content (AvgIpc) is 3.19. The molecule has 3 aromatic rings. The third-order valence-electron chi connectivity index (χ3n) is 3.02. The Labute approximate surface area is 131 Å². The van der Waals surface area contributed by atoms with Gasteiger partial charge in [-0.25, -0.2) is 9.67 Å². The van der Waals surface area contributed by atoms with Crippen LogP contribution in [0.1, 0.15) is 27.9 Å². The van der Waals surface area contributed by atoms with Crippen molar-refractivity contribution in [3.05, 3.63) is 53.1 Å². The molecule has 0 fully saturated rings. The maximum Gasteiger partial charge on any atom is 0.257 e. The number of amides is 1. The third-order valence-corrected chi connectivity index (χ3v) is 4.00. The number of anilines is 1. The molecule has 2 aromatic heterocycles. The van der Waals surface area contributed by atoms with Crippen LogP contribution in [0.5, 0.6) is 0 Å². The quantitative estimate of drug-likeness (QED) is 0.778. The van der Waals surface area contributed by atoms with Crippen LogP contribution in [0, 0.1) is 0 Å². The number of carbonyl (C=O) groups is 1. The van der Waals surface area contributed by atoms with Crippen LogP contribution in [0.3, 0.4) is 0 Å². The fraction of sp³-hybridized carbons (Fsp3) is 0.214. The molecule has 0 saturated carbocycles. The summed E-state index contributed by atoms with van der Waals surface area (Å²) >= 11 is 1.39. The Hall–Kier alpha value is -2.61. The van der Waals surface area contributed by atoms with Gasteiger partial charge in [-0.3, -0.25) is 10.1 Å². The summed E-state index contributed by atoms with van der Waals surface area (Å²) in [7, 11) is 0. The van der Waals surface area contributed by atoms with Gasteiger partial charge in [0.25, 0.3) is 5.91 Å². The zero-order chi connectivity index (χ0) is 15.4. The van der Waals surface area contributed by atoms with Crippen LogP contribution in [0.15, 0.2) is 36.9 Å². The maximum absolute atomic E-state index is 12.1. The number of nitrogens with zero attached hydrogens (tertiary/aromatic N) is 5. The van der Waals surface area contributed by atoms with E-state index < -0.39 is 0 Å². The fourth-order valence-corrected chi connectivity index (χ4v) is 2.55. The summed E-state index contributed by atoms with van der Waals surface area (Å²) in [6, 6.07) is 7.36. The van der Waals surface area contributed by atoms with Crippen molar-refractivity contribution in [2.75, 3.05) is 5.32 Å². The molecule has 2 heterocycles. The first-order chi connectivity index (χ1) is 10.7. The van der Waals surface area contributed by atoms with Crippen molar-refractivity contribution in [3.63, 3.8) is 0 Å². The highest BCUT2D eigenvalue weighted by Crippen LogP contribution is 2.16. The van der Waals surface area contributed by atoms with Crippen LogP contribution in [-0.4, -0.2) is 30.9 Å². The summed E-state index contributed by atoms with van der Waals surface area (Å²) in [5, 5.41) is 16.1. The average molecular weight is 314 g/mol. The van der Waals surface area contributed by atoms with Gasteiger partial charge >= 0.3 is 0 Å². The first kappa shape index (κ1) is 14.3. The van der Waals surface area contributed by atoms with Crippen molar-refractivity contribution in [3.8, 4) is 0 Å². The molecule has 0 aliphatic rings. The van der Waals surface area contributed by atoms with Crippen molar-refractivity contribution in [2.45, 2.75) is 19.9 Å². The second-order valence-electron chi connectivity index (χ2n) is 4.60. The van der Waals surface area contributed by atoms with E-state index in [0.717, 1.165) is 17.0 Å². The molecule has 22 heavy (non-hydrogen) atoms. The van der Waals surface area contributed by atoms with Crippen molar-refractivity contribution < 1.29 is 4.79 Å². The third kappa shape index (κ3) is 3.34. The van der Waals surface area contributed by atoms with Gasteiger partial charge in [-0.1, -0.05) is 30.4 Å². The van der Waals surface area contributed by atoms with E-state index in [1.165, 1.54) is 17.7 Å². The predicted molar refractivity (Wildman–Crippen MR) is 82.8 cm³/mol. The Balaban J connectivity index is 1.65. The Morgan fingerprint density at radius 2 is 2.09 bits per heavy atom. The first-order valence-electron chi connectivity index (χ1n) is 6.79. The lowest BCUT2D eigenvalue weighted by molar-refractivity contribution is 0.102. The molecule has 0 spiro atoms. The molecule has 1 aromatic carbocycles. The monoisotopic (exact) mass is 314 g/mol. The molecular weight excluding hydrogens is 300 g/mol. The predicted octanol–water partition coefficient (Wildman–Crippen LogP) is 1.99. The Kier molecular flexibility index (Phi) is 4.19. The number of rotatable bonds is 5. The largest absolute Gasteiger partial charge is 0.296 e. The van der Waals surface area contributed by atoms with Gasteiger partial charge < -0.3 is 0 Å². The molecule has 1 amide bonds. The van der Waals surface area contributed by atoms with E-state index >= 15 is 0 Å². The van der Waals surface area contributed by atoms with E-state index in [1.807, 2.05) is 19.1 Å². The van der Waals surface area contributed by atoms with E-state index in [-0.39, 0.29) is 5.91 Å². The smallest absolute Gasteiger partial charge is 0.257 e. The Morgan fingerprint density at radius 1 is 1.27 bits per heavy atom. The van der Waals surface area contributed by atoms with Gasteiger partial charge in [0.1, 0.15) is 17.7 Å². The van der Waals surface area contributed by atoms with Crippen LogP contribution < -0.4 is 5.32 Å². The van der Waals surface area contributed by atoms with Crippen molar-refractivity contribution in [2.24, 2.45) is 0 Å². The number of hydrogen-bond donors (Lipinski definition) is 1. The summed E-state index contributed by atoms with van der Waals surface area (Å²) in [4.78, 5) is 16.0. The van der Waals surface area contributed by atoms with Gasteiger partial charge in [0.05, 0.1) is 6.54 Å². The molecule has 0 bridgehead atoms. The van der Waals surface area contributed by atoms with E-state index in [9.17, 15) is 4.79 Å². The lowest BCUT2D eigenvalue weighted by atomic mass is 10.1. The Bertz CT molecular complexity index is 750. The molecule has 1 N–H and O–H groups in total. The highest BCUT2D eigenvalue weighted by Gasteiger charge is 2.09. The molecule has 0 aliphatic carbocycles. The summed E-state index contributed by atoms with van der Waals surface area (Å²) in [5.41, 5.74) is 1.63. The topological polar surface area (TPSA) is 85.6 Å². The minimum atomic E-state index is -0.189. The zero-order valence-electron chi connectivity index (χ0n) is 11.9. The molecule has 0 atom stereocenters. The van der Waals surface area contributed by atoms with Gasteiger partial charge in [0, 0.05) is 5.56 Å². The van der Waals surface area contributed by atoms with E-state index in [4.69, 9.17) is 0 Å². The summed E-state index contributed by atoms with van der Waals surface area (Å²) in [6.45, 7) is 2.62. The highest BCUT2D eigenvalue weighted by atomic mass is 32.1. The van der Waals surface area contributed by atoms with Crippen LogP contribution in [0.4, 0.5) is 5.13 Å².